The monoisotopic (exact) mass is 454 g/mol. The van der Waals surface area contributed by atoms with E-state index >= 15 is 0 Å². The molecule has 2 saturated heterocycles. The predicted molar refractivity (Wildman–Crippen MR) is 118 cm³/mol. The zero-order valence-corrected chi connectivity index (χ0v) is 18.8. The number of halogens is 1. The van der Waals surface area contributed by atoms with Gasteiger partial charge in [0, 0.05) is 45.8 Å². The molecule has 2 aromatic rings. The predicted octanol–water partition coefficient (Wildman–Crippen LogP) is 2.92. The molecular weight excluding hydrogens is 427 g/mol. The molecule has 0 aromatic heterocycles. The smallest absolute Gasteiger partial charge is 0.240 e. The first-order valence-electron chi connectivity index (χ1n) is 11.0. The summed E-state index contributed by atoms with van der Waals surface area (Å²) in [5.41, 5.74) is -1.02. The van der Waals surface area contributed by atoms with Gasteiger partial charge in [-0.1, -0.05) is 24.3 Å². The number of piperidine rings is 1. The lowest BCUT2D eigenvalue weighted by Gasteiger charge is -2.35. The minimum Gasteiger partial charge on any atom is -0.493 e. The summed E-state index contributed by atoms with van der Waals surface area (Å²) < 4.78 is 25.4. The first-order valence-corrected chi connectivity index (χ1v) is 11.0. The zero-order valence-electron chi connectivity index (χ0n) is 18.8. The largest absolute Gasteiger partial charge is 0.493 e. The van der Waals surface area contributed by atoms with Gasteiger partial charge in [-0.25, -0.2) is 4.39 Å². The Hall–Kier alpha value is -3.42. The second-order valence-electron chi connectivity index (χ2n) is 8.55. The first kappa shape index (κ1) is 22.8. The average Bonchev–Trinajstić information content (AvgIpc) is 3.04. The fourth-order valence-corrected chi connectivity index (χ4v) is 4.63. The van der Waals surface area contributed by atoms with Crippen LogP contribution in [-0.2, 0) is 19.8 Å². The molecule has 0 N–H and O–H groups in total. The van der Waals surface area contributed by atoms with Crippen LogP contribution in [0.1, 0.15) is 31.2 Å². The van der Waals surface area contributed by atoms with Crippen LogP contribution < -0.4 is 9.47 Å². The van der Waals surface area contributed by atoms with E-state index in [2.05, 4.69) is 0 Å². The highest BCUT2D eigenvalue weighted by Gasteiger charge is 2.53. The van der Waals surface area contributed by atoms with Gasteiger partial charge < -0.3 is 14.4 Å². The molecule has 0 radical (unpaired) electrons. The van der Waals surface area contributed by atoms with Crippen LogP contribution in [0.5, 0.6) is 11.5 Å². The second-order valence-corrected chi connectivity index (χ2v) is 8.55. The molecule has 0 bridgehead atoms. The number of nitrogens with zero attached hydrogens (tertiary/aromatic N) is 2. The van der Waals surface area contributed by atoms with Gasteiger partial charge in [-0.05, 0) is 29.8 Å². The Labute approximate surface area is 192 Å². The third kappa shape index (κ3) is 4.42. The van der Waals surface area contributed by atoms with E-state index in [1.807, 2.05) is 24.3 Å². The number of hydrogen-bond donors (Lipinski definition) is 0. The minimum atomic E-state index is -1.38. The van der Waals surface area contributed by atoms with Crippen molar-refractivity contribution in [3.63, 3.8) is 0 Å². The van der Waals surface area contributed by atoms with Crippen LogP contribution in [0.25, 0.3) is 0 Å². The molecule has 2 aliphatic rings. The van der Waals surface area contributed by atoms with Crippen LogP contribution in [0, 0.1) is 5.82 Å². The fraction of sp³-hybridized carbons (Fsp3) is 0.400. The van der Waals surface area contributed by atoms with Crippen LogP contribution in [-0.4, -0.2) is 60.9 Å². The van der Waals surface area contributed by atoms with Crippen LogP contribution in [0.4, 0.5) is 4.39 Å². The Morgan fingerprint density at radius 2 is 1.79 bits per heavy atom. The molecule has 1 atom stereocenters. The summed E-state index contributed by atoms with van der Waals surface area (Å²) in [6, 6.07) is 13.0. The van der Waals surface area contributed by atoms with E-state index in [1.54, 1.807) is 18.1 Å². The standard InChI is InChI=1S/C25H27FN2O5/c1-27-22(29)15-25(24(27)31,17-6-5-7-18(26)14-17)16-23(30)28-12-10-19(11-13-28)33-21-9-4-3-8-20(21)32-2/h3-9,14,19H,10-13,15-16H2,1-2H3/t25-/m1/s1. The van der Waals surface area contributed by atoms with Crippen molar-refractivity contribution in [3.05, 3.63) is 59.9 Å². The molecule has 2 heterocycles. The maximum Gasteiger partial charge on any atom is 0.240 e. The zero-order chi connectivity index (χ0) is 23.6. The molecule has 0 saturated carbocycles. The minimum absolute atomic E-state index is 0.0663. The summed E-state index contributed by atoms with van der Waals surface area (Å²) in [4.78, 5) is 41.4. The lowest BCUT2D eigenvalue weighted by Crippen LogP contribution is -2.46. The average molecular weight is 454 g/mol. The van der Waals surface area contributed by atoms with Gasteiger partial charge in [-0.3, -0.25) is 19.3 Å². The van der Waals surface area contributed by atoms with Gasteiger partial charge in [-0.2, -0.15) is 0 Å². The van der Waals surface area contributed by atoms with Crippen molar-refractivity contribution in [1.29, 1.82) is 0 Å². The molecule has 174 valence electrons. The van der Waals surface area contributed by atoms with Crippen LogP contribution in [0.2, 0.25) is 0 Å². The van der Waals surface area contributed by atoms with E-state index in [1.165, 1.54) is 25.2 Å². The quantitative estimate of drug-likeness (QED) is 0.628. The summed E-state index contributed by atoms with van der Waals surface area (Å²) in [5.74, 6) is -0.272. The molecule has 3 amide bonds. The number of ether oxygens (including phenoxy) is 2. The summed E-state index contributed by atoms with van der Waals surface area (Å²) in [6.45, 7) is 0.936. The van der Waals surface area contributed by atoms with Crippen molar-refractivity contribution < 1.29 is 28.2 Å². The number of carbonyl (C=O) groups excluding carboxylic acids is 3. The number of hydrogen-bond acceptors (Lipinski definition) is 5. The van der Waals surface area contributed by atoms with Gasteiger partial charge in [0.15, 0.2) is 11.5 Å². The van der Waals surface area contributed by atoms with Crippen LogP contribution in [0.15, 0.2) is 48.5 Å². The van der Waals surface area contributed by atoms with E-state index in [0.717, 1.165) is 4.90 Å². The highest BCUT2D eigenvalue weighted by Crippen LogP contribution is 2.40. The Balaban J connectivity index is 1.45. The van der Waals surface area contributed by atoms with Crippen LogP contribution >= 0.6 is 0 Å². The molecule has 7 nitrogen and oxygen atoms in total. The van der Waals surface area contributed by atoms with Gasteiger partial charge in [-0.15, -0.1) is 0 Å². The number of likely N-dealkylation sites (tertiary alicyclic amines) is 2. The van der Waals surface area contributed by atoms with E-state index in [0.29, 0.717) is 43.0 Å². The van der Waals surface area contributed by atoms with Gasteiger partial charge >= 0.3 is 0 Å². The van der Waals surface area contributed by atoms with Crippen molar-refractivity contribution in [2.75, 3.05) is 27.2 Å². The lowest BCUT2D eigenvalue weighted by atomic mass is 9.75. The number of carbonyl (C=O) groups is 3. The Morgan fingerprint density at radius 3 is 2.39 bits per heavy atom. The van der Waals surface area contributed by atoms with Crippen molar-refractivity contribution >= 4 is 17.7 Å². The molecule has 2 aromatic carbocycles. The topological polar surface area (TPSA) is 76.2 Å². The molecule has 2 aliphatic heterocycles. The Morgan fingerprint density at radius 1 is 1.09 bits per heavy atom. The normalized spacial score (nSPS) is 21.4. The van der Waals surface area contributed by atoms with Crippen molar-refractivity contribution in [2.45, 2.75) is 37.2 Å². The second kappa shape index (κ2) is 9.21. The van der Waals surface area contributed by atoms with Crippen molar-refractivity contribution in [2.24, 2.45) is 0 Å². The number of para-hydroxylation sites is 2. The summed E-state index contributed by atoms with van der Waals surface area (Å²) in [6.07, 6.45) is 0.866. The number of benzene rings is 2. The van der Waals surface area contributed by atoms with Gasteiger partial charge in [0.25, 0.3) is 0 Å². The number of methoxy groups -OCH3 is 1. The molecule has 4 rings (SSSR count). The molecule has 0 spiro atoms. The first-order chi connectivity index (χ1) is 15.8. The van der Waals surface area contributed by atoms with Gasteiger partial charge in [0.05, 0.1) is 12.5 Å². The third-order valence-corrected chi connectivity index (χ3v) is 6.53. The molecular formula is C25H27FN2O5. The number of amides is 3. The van der Waals surface area contributed by atoms with E-state index in [4.69, 9.17) is 9.47 Å². The van der Waals surface area contributed by atoms with E-state index < -0.39 is 17.1 Å². The fourth-order valence-electron chi connectivity index (χ4n) is 4.63. The van der Waals surface area contributed by atoms with E-state index in [9.17, 15) is 18.8 Å². The summed E-state index contributed by atoms with van der Waals surface area (Å²) in [5, 5.41) is 0. The third-order valence-electron chi connectivity index (χ3n) is 6.53. The maximum atomic E-state index is 14.0. The molecule has 8 heteroatoms. The number of imide groups is 1. The summed E-state index contributed by atoms with van der Waals surface area (Å²) >= 11 is 0. The van der Waals surface area contributed by atoms with Crippen LogP contribution in [0.3, 0.4) is 0 Å². The van der Waals surface area contributed by atoms with E-state index in [-0.39, 0.29) is 30.8 Å². The lowest BCUT2D eigenvalue weighted by molar-refractivity contribution is -0.142. The van der Waals surface area contributed by atoms with Gasteiger partial charge in [0.1, 0.15) is 11.9 Å². The molecule has 0 aliphatic carbocycles. The highest BCUT2D eigenvalue weighted by atomic mass is 19.1. The van der Waals surface area contributed by atoms with Gasteiger partial charge in [0.2, 0.25) is 17.7 Å². The molecule has 2 fully saturated rings. The SMILES string of the molecule is COc1ccccc1OC1CCN(C(=O)C[C@@]2(c3cccc(F)c3)CC(=O)N(C)C2=O)CC1. The van der Waals surface area contributed by atoms with Crippen molar-refractivity contribution in [3.8, 4) is 11.5 Å². The number of rotatable bonds is 6. The Kier molecular flexibility index (Phi) is 6.35. The maximum absolute atomic E-state index is 14.0. The van der Waals surface area contributed by atoms with Crippen molar-refractivity contribution in [1.82, 2.24) is 9.80 Å². The molecule has 33 heavy (non-hydrogen) atoms. The Bertz CT molecular complexity index is 1070. The number of likely N-dealkylation sites (N-methyl/N-ethyl adjacent to an activating group) is 1. The molecule has 0 unspecified atom stereocenters. The highest BCUT2D eigenvalue weighted by molar-refractivity contribution is 6.10. The summed E-state index contributed by atoms with van der Waals surface area (Å²) in [7, 11) is 2.99.